The number of hydrogen-bond donors (Lipinski definition) is 2. The summed E-state index contributed by atoms with van der Waals surface area (Å²) in [4.78, 5) is 16.4. The first-order valence-corrected chi connectivity index (χ1v) is 6.63. The van der Waals surface area contributed by atoms with Crippen LogP contribution in [-0.4, -0.2) is 16.8 Å². The van der Waals surface area contributed by atoms with Gasteiger partial charge in [-0.1, -0.05) is 0 Å². The van der Waals surface area contributed by atoms with Crippen molar-refractivity contribution in [3.8, 4) is 0 Å². The fraction of sp³-hybridized carbons (Fsp3) is 0.571. The molecule has 1 aromatic rings. The molecule has 2 fully saturated rings. The minimum Gasteiger partial charge on any atom is -0.398 e. The van der Waals surface area contributed by atoms with Gasteiger partial charge >= 0.3 is 0 Å². The van der Waals surface area contributed by atoms with Crippen LogP contribution in [0.15, 0.2) is 18.5 Å². The number of aromatic nitrogens is 1. The molecule has 2 aliphatic rings. The smallest absolute Gasteiger partial charge is 0.142 e. The Kier molecular flexibility index (Phi) is 2.82. The average Bonchev–Trinajstić information content (AvgIpc) is 2.92. The predicted molar refractivity (Wildman–Crippen MR) is 69.7 cm³/mol. The summed E-state index contributed by atoms with van der Waals surface area (Å²) in [6, 6.07) is 1.80. The fourth-order valence-corrected chi connectivity index (χ4v) is 3.70. The molecular formula is C14H19N3O. The SMILES string of the molecule is Nc1ccncc1CC(=O)C1C2CCC(C2)C1N. The van der Waals surface area contributed by atoms with Gasteiger partial charge in [0.05, 0.1) is 0 Å². The van der Waals surface area contributed by atoms with Gasteiger partial charge < -0.3 is 11.5 Å². The fourth-order valence-electron chi connectivity index (χ4n) is 3.70. The zero-order valence-corrected chi connectivity index (χ0v) is 10.4. The van der Waals surface area contributed by atoms with E-state index in [1.807, 2.05) is 0 Å². The summed E-state index contributed by atoms with van der Waals surface area (Å²) in [5, 5.41) is 0. The minimum absolute atomic E-state index is 0.0448. The highest BCUT2D eigenvalue weighted by Crippen LogP contribution is 2.48. The molecule has 1 heterocycles. The van der Waals surface area contributed by atoms with Crippen LogP contribution in [0.4, 0.5) is 5.69 Å². The van der Waals surface area contributed by atoms with Gasteiger partial charge in [0, 0.05) is 42.0 Å². The van der Waals surface area contributed by atoms with E-state index in [1.54, 1.807) is 18.5 Å². The first-order valence-electron chi connectivity index (χ1n) is 6.63. The van der Waals surface area contributed by atoms with Gasteiger partial charge in [0.25, 0.3) is 0 Å². The van der Waals surface area contributed by atoms with E-state index in [4.69, 9.17) is 11.5 Å². The summed E-state index contributed by atoms with van der Waals surface area (Å²) < 4.78 is 0. The van der Waals surface area contributed by atoms with Crippen molar-refractivity contribution in [2.24, 2.45) is 23.5 Å². The molecule has 0 spiro atoms. The Morgan fingerprint density at radius 2 is 2.17 bits per heavy atom. The number of carbonyl (C=O) groups excluding carboxylic acids is 1. The maximum Gasteiger partial charge on any atom is 0.142 e. The first-order chi connectivity index (χ1) is 8.66. The molecule has 18 heavy (non-hydrogen) atoms. The Hall–Kier alpha value is -1.42. The lowest BCUT2D eigenvalue weighted by Crippen LogP contribution is -2.40. The molecule has 4 heteroatoms. The number of nitrogen functional groups attached to an aromatic ring is 1. The van der Waals surface area contributed by atoms with Gasteiger partial charge in [-0.2, -0.15) is 0 Å². The maximum absolute atomic E-state index is 12.4. The highest BCUT2D eigenvalue weighted by molar-refractivity contribution is 5.85. The molecule has 3 rings (SSSR count). The third-order valence-electron chi connectivity index (χ3n) is 4.66. The number of rotatable bonds is 3. The molecule has 0 aliphatic heterocycles. The number of carbonyl (C=O) groups is 1. The number of ketones is 1. The molecule has 0 radical (unpaired) electrons. The Morgan fingerprint density at radius 1 is 1.39 bits per heavy atom. The second-order valence-electron chi connectivity index (χ2n) is 5.65. The van der Waals surface area contributed by atoms with Gasteiger partial charge in [0.1, 0.15) is 5.78 Å². The van der Waals surface area contributed by atoms with Crippen molar-refractivity contribution >= 4 is 11.5 Å². The van der Waals surface area contributed by atoms with Crippen LogP contribution in [0.5, 0.6) is 0 Å². The van der Waals surface area contributed by atoms with E-state index in [1.165, 1.54) is 6.42 Å². The third-order valence-corrected chi connectivity index (χ3v) is 4.66. The molecule has 2 aliphatic carbocycles. The van der Waals surface area contributed by atoms with E-state index in [0.29, 0.717) is 23.9 Å². The van der Waals surface area contributed by atoms with Gasteiger partial charge in [-0.15, -0.1) is 0 Å². The topological polar surface area (TPSA) is 82.0 Å². The number of nitrogens with zero attached hydrogens (tertiary/aromatic N) is 1. The van der Waals surface area contributed by atoms with Gasteiger partial charge in [-0.3, -0.25) is 9.78 Å². The molecule has 0 saturated heterocycles. The van der Waals surface area contributed by atoms with Crippen molar-refractivity contribution in [2.45, 2.75) is 31.7 Å². The van der Waals surface area contributed by atoms with Crippen LogP contribution in [-0.2, 0) is 11.2 Å². The van der Waals surface area contributed by atoms with Gasteiger partial charge in [0.15, 0.2) is 0 Å². The molecular weight excluding hydrogens is 226 g/mol. The van der Waals surface area contributed by atoms with Crippen molar-refractivity contribution in [2.75, 3.05) is 5.73 Å². The zero-order chi connectivity index (χ0) is 12.7. The van der Waals surface area contributed by atoms with Crippen LogP contribution in [0.1, 0.15) is 24.8 Å². The largest absolute Gasteiger partial charge is 0.398 e. The molecule has 0 aromatic carbocycles. The lowest BCUT2D eigenvalue weighted by atomic mass is 9.80. The van der Waals surface area contributed by atoms with Crippen molar-refractivity contribution in [1.82, 2.24) is 4.98 Å². The van der Waals surface area contributed by atoms with E-state index in [0.717, 1.165) is 18.4 Å². The normalized spacial score (nSPS) is 33.8. The maximum atomic E-state index is 12.4. The van der Waals surface area contributed by atoms with E-state index >= 15 is 0 Å². The molecule has 4 atom stereocenters. The van der Waals surface area contributed by atoms with E-state index < -0.39 is 0 Å². The molecule has 4 N–H and O–H groups in total. The van der Waals surface area contributed by atoms with Crippen molar-refractivity contribution in [3.63, 3.8) is 0 Å². The Morgan fingerprint density at radius 3 is 2.83 bits per heavy atom. The van der Waals surface area contributed by atoms with Gasteiger partial charge in [-0.25, -0.2) is 0 Å². The molecule has 4 nitrogen and oxygen atoms in total. The molecule has 2 saturated carbocycles. The van der Waals surface area contributed by atoms with Crippen molar-refractivity contribution in [3.05, 3.63) is 24.0 Å². The number of Topliss-reactive ketones (excluding diaryl/α,β-unsaturated/α-hetero) is 1. The van der Waals surface area contributed by atoms with Crippen molar-refractivity contribution in [1.29, 1.82) is 0 Å². The summed E-state index contributed by atoms with van der Waals surface area (Å²) >= 11 is 0. The van der Waals surface area contributed by atoms with Crippen LogP contribution in [0.2, 0.25) is 0 Å². The van der Waals surface area contributed by atoms with Gasteiger partial charge in [-0.05, 0) is 37.2 Å². The Bertz CT molecular complexity index is 472. The quantitative estimate of drug-likeness (QED) is 0.837. The molecule has 2 bridgehead atoms. The minimum atomic E-state index is 0.0448. The number of nitrogens with two attached hydrogens (primary N) is 2. The second kappa shape index (κ2) is 4.35. The summed E-state index contributed by atoms with van der Waals surface area (Å²) in [6.45, 7) is 0. The molecule has 1 aromatic heterocycles. The van der Waals surface area contributed by atoms with Crippen molar-refractivity contribution < 1.29 is 4.79 Å². The van der Waals surface area contributed by atoms with E-state index in [9.17, 15) is 4.79 Å². The third kappa shape index (κ3) is 1.81. The summed E-state index contributed by atoms with van der Waals surface area (Å²) in [6.07, 6.45) is 7.21. The molecule has 0 amide bonds. The lowest BCUT2D eigenvalue weighted by Gasteiger charge is -2.27. The number of anilines is 1. The highest BCUT2D eigenvalue weighted by atomic mass is 16.1. The average molecular weight is 245 g/mol. The monoisotopic (exact) mass is 245 g/mol. The first kappa shape index (κ1) is 11.7. The number of hydrogen-bond acceptors (Lipinski definition) is 4. The summed E-state index contributed by atoms with van der Waals surface area (Å²) in [5.41, 5.74) is 13.5. The molecule has 96 valence electrons. The van der Waals surface area contributed by atoms with Crippen LogP contribution in [0.25, 0.3) is 0 Å². The van der Waals surface area contributed by atoms with Gasteiger partial charge in [0.2, 0.25) is 0 Å². The van der Waals surface area contributed by atoms with Crippen LogP contribution in [0.3, 0.4) is 0 Å². The number of fused-ring (bicyclic) bond motifs is 2. The number of pyridine rings is 1. The predicted octanol–water partition coefficient (Wildman–Crippen LogP) is 1.15. The zero-order valence-electron chi connectivity index (χ0n) is 10.4. The Labute approximate surface area is 107 Å². The highest BCUT2D eigenvalue weighted by Gasteiger charge is 2.48. The van der Waals surface area contributed by atoms with E-state index in [2.05, 4.69) is 4.98 Å². The lowest BCUT2D eigenvalue weighted by molar-refractivity contribution is -0.124. The van der Waals surface area contributed by atoms with Crippen LogP contribution >= 0.6 is 0 Å². The standard InChI is InChI=1S/C14H19N3O/c15-11-3-4-17-7-10(11)6-12(18)13-8-1-2-9(5-8)14(13)16/h3-4,7-9,13-14H,1-2,5-6,16H2,(H2,15,17). The summed E-state index contributed by atoms with van der Waals surface area (Å²) in [5.74, 6) is 1.36. The second-order valence-corrected chi connectivity index (χ2v) is 5.65. The summed E-state index contributed by atoms with van der Waals surface area (Å²) in [7, 11) is 0. The van der Waals surface area contributed by atoms with E-state index in [-0.39, 0.29) is 17.7 Å². The van der Waals surface area contributed by atoms with Crippen LogP contribution < -0.4 is 11.5 Å². The van der Waals surface area contributed by atoms with Crippen LogP contribution in [0, 0.1) is 17.8 Å². The molecule has 4 unspecified atom stereocenters. The Balaban J connectivity index is 1.74.